The molecule has 1 atom stereocenters. The number of carbonyl (C=O) groups is 3. The van der Waals surface area contributed by atoms with Crippen molar-refractivity contribution in [3.05, 3.63) is 108 Å². The zero-order valence-electron chi connectivity index (χ0n) is 24.6. The lowest BCUT2D eigenvalue weighted by Gasteiger charge is -2.38. The SMILES string of the molecule is CCC(=O)N(c1ccccc1)C1CCN(CCc2ccc(/C=C/C(=O)OCCOC(=O)C(Br)c3ccccc3)cc2)CC1. The molecule has 1 aliphatic heterocycles. The third-order valence-electron chi connectivity index (χ3n) is 7.51. The molecule has 1 fully saturated rings. The number of alkyl halides is 1. The van der Waals surface area contributed by atoms with E-state index in [4.69, 9.17) is 9.47 Å². The van der Waals surface area contributed by atoms with Crippen LogP contribution in [0.15, 0.2) is 91.0 Å². The van der Waals surface area contributed by atoms with Gasteiger partial charge in [0, 0.05) is 43.9 Å². The number of hydrogen-bond acceptors (Lipinski definition) is 6. The molecule has 7 nitrogen and oxygen atoms in total. The highest BCUT2D eigenvalue weighted by Crippen LogP contribution is 2.25. The van der Waals surface area contributed by atoms with Crippen molar-refractivity contribution in [3.8, 4) is 0 Å². The van der Waals surface area contributed by atoms with Gasteiger partial charge in [0.25, 0.3) is 0 Å². The minimum Gasteiger partial charge on any atom is -0.461 e. The van der Waals surface area contributed by atoms with Gasteiger partial charge in [-0.2, -0.15) is 0 Å². The summed E-state index contributed by atoms with van der Waals surface area (Å²) in [5.41, 5.74) is 3.93. The van der Waals surface area contributed by atoms with Crippen LogP contribution in [0.25, 0.3) is 6.08 Å². The van der Waals surface area contributed by atoms with Crippen molar-refractivity contribution in [2.75, 3.05) is 37.7 Å². The minimum absolute atomic E-state index is 0.0120. The molecule has 0 saturated carbocycles. The lowest BCUT2D eigenvalue weighted by molar-refractivity contribution is -0.149. The largest absolute Gasteiger partial charge is 0.461 e. The Balaban J connectivity index is 1.14. The van der Waals surface area contributed by atoms with E-state index in [1.165, 1.54) is 11.6 Å². The minimum atomic E-state index is -0.562. The van der Waals surface area contributed by atoms with Crippen molar-refractivity contribution in [2.24, 2.45) is 0 Å². The fourth-order valence-corrected chi connectivity index (χ4v) is 5.57. The Morgan fingerprint density at radius 1 is 0.907 bits per heavy atom. The molecule has 8 heteroatoms. The van der Waals surface area contributed by atoms with Gasteiger partial charge in [-0.15, -0.1) is 0 Å². The first-order chi connectivity index (χ1) is 20.9. The molecule has 43 heavy (non-hydrogen) atoms. The maximum absolute atomic E-state index is 12.7. The lowest BCUT2D eigenvalue weighted by Crippen LogP contribution is -2.47. The molecule has 3 aromatic carbocycles. The van der Waals surface area contributed by atoms with Gasteiger partial charge in [0.2, 0.25) is 5.91 Å². The maximum Gasteiger partial charge on any atom is 0.330 e. The fraction of sp³-hybridized carbons (Fsp3) is 0.343. The van der Waals surface area contributed by atoms with Gasteiger partial charge < -0.3 is 19.3 Å². The second-order valence-corrected chi connectivity index (χ2v) is 11.4. The summed E-state index contributed by atoms with van der Waals surface area (Å²) in [4.78, 5) is 40.8. The fourth-order valence-electron chi connectivity index (χ4n) is 5.13. The molecule has 0 aliphatic carbocycles. The highest BCUT2D eigenvalue weighted by atomic mass is 79.9. The molecular weight excluding hydrogens is 608 g/mol. The van der Waals surface area contributed by atoms with Gasteiger partial charge >= 0.3 is 11.9 Å². The Hall–Kier alpha value is -3.75. The van der Waals surface area contributed by atoms with Gasteiger partial charge in [0.1, 0.15) is 18.0 Å². The number of benzene rings is 3. The van der Waals surface area contributed by atoms with E-state index >= 15 is 0 Å². The van der Waals surface area contributed by atoms with Crippen molar-refractivity contribution in [2.45, 2.75) is 43.5 Å². The van der Waals surface area contributed by atoms with Crippen LogP contribution in [0.1, 0.15) is 47.7 Å². The molecule has 0 spiro atoms. The smallest absolute Gasteiger partial charge is 0.330 e. The predicted octanol–water partition coefficient (Wildman–Crippen LogP) is 6.37. The van der Waals surface area contributed by atoms with E-state index in [2.05, 4.69) is 33.0 Å². The molecule has 0 radical (unpaired) electrons. The Morgan fingerprint density at radius 2 is 1.53 bits per heavy atom. The molecular formula is C35H39BrN2O5. The number of esters is 2. The van der Waals surface area contributed by atoms with Crippen LogP contribution in [0.2, 0.25) is 0 Å². The van der Waals surface area contributed by atoms with Gasteiger partial charge in [-0.3, -0.25) is 9.59 Å². The third-order valence-corrected chi connectivity index (χ3v) is 8.41. The Kier molecular flexibility index (Phi) is 12.5. The van der Waals surface area contributed by atoms with Crippen molar-refractivity contribution in [1.29, 1.82) is 0 Å². The van der Waals surface area contributed by atoms with Gasteiger partial charge in [-0.25, -0.2) is 4.79 Å². The van der Waals surface area contributed by atoms with Crippen LogP contribution >= 0.6 is 15.9 Å². The molecule has 1 aliphatic rings. The van der Waals surface area contributed by atoms with E-state index in [9.17, 15) is 14.4 Å². The van der Waals surface area contributed by atoms with E-state index in [-0.39, 0.29) is 25.2 Å². The number of hydrogen-bond donors (Lipinski definition) is 0. The van der Waals surface area contributed by atoms with E-state index in [1.807, 2.05) is 84.6 Å². The number of ether oxygens (including phenoxy) is 2. The molecule has 4 rings (SSSR count). The number of amides is 1. The Labute approximate surface area is 262 Å². The van der Waals surface area contributed by atoms with Crippen LogP contribution < -0.4 is 4.90 Å². The Morgan fingerprint density at radius 3 is 2.19 bits per heavy atom. The lowest BCUT2D eigenvalue weighted by atomic mass is 10.0. The molecule has 1 heterocycles. The summed E-state index contributed by atoms with van der Waals surface area (Å²) in [5.74, 6) is -0.742. The molecule has 226 valence electrons. The molecule has 1 saturated heterocycles. The van der Waals surface area contributed by atoms with Crippen LogP contribution in [0.4, 0.5) is 5.69 Å². The number of likely N-dealkylation sites (tertiary alicyclic amines) is 1. The summed E-state index contributed by atoms with van der Waals surface area (Å²) in [7, 11) is 0. The quantitative estimate of drug-likeness (QED) is 0.0929. The summed E-state index contributed by atoms with van der Waals surface area (Å²) in [5, 5.41) is 0. The average Bonchev–Trinajstić information content (AvgIpc) is 3.06. The standard InChI is InChI=1S/C35H39BrN2O5/c1-2-32(39)38(30-11-7-4-8-12-30)31-20-23-37(24-21-31)22-19-28-15-13-27(14-16-28)17-18-33(40)42-25-26-43-35(41)34(36)29-9-5-3-6-10-29/h3-18,31,34H,2,19-26H2,1H3/b18-17+. The first kappa shape index (κ1) is 32.2. The molecule has 1 amide bonds. The number of carbonyl (C=O) groups excluding carboxylic acids is 3. The topological polar surface area (TPSA) is 76.2 Å². The van der Waals surface area contributed by atoms with Gasteiger partial charge in [0.05, 0.1) is 0 Å². The molecule has 0 bridgehead atoms. The van der Waals surface area contributed by atoms with E-state index in [1.54, 1.807) is 6.08 Å². The third kappa shape index (κ3) is 9.90. The van der Waals surface area contributed by atoms with Crippen LogP contribution in [0.3, 0.4) is 0 Å². The number of nitrogens with zero attached hydrogens (tertiary/aromatic N) is 2. The second kappa shape index (κ2) is 16.8. The van der Waals surface area contributed by atoms with Crippen molar-refractivity contribution in [3.63, 3.8) is 0 Å². The van der Waals surface area contributed by atoms with E-state index in [0.717, 1.165) is 55.7 Å². The van der Waals surface area contributed by atoms with Crippen LogP contribution in [0.5, 0.6) is 0 Å². The molecule has 1 unspecified atom stereocenters. The molecule has 0 N–H and O–H groups in total. The zero-order valence-corrected chi connectivity index (χ0v) is 26.2. The second-order valence-electron chi connectivity index (χ2n) is 10.5. The maximum atomic E-state index is 12.7. The number of para-hydroxylation sites is 1. The van der Waals surface area contributed by atoms with Crippen molar-refractivity contribution < 1.29 is 23.9 Å². The van der Waals surface area contributed by atoms with Gasteiger partial charge in [-0.05, 0) is 54.2 Å². The van der Waals surface area contributed by atoms with Crippen molar-refractivity contribution >= 4 is 45.5 Å². The number of rotatable bonds is 13. The number of piperidine rings is 1. The summed E-state index contributed by atoms with van der Waals surface area (Å²) >= 11 is 3.33. The van der Waals surface area contributed by atoms with Crippen LogP contribution in [-0.4, -0.2) is 61.6 Å². The predicted molar refractivity (Wildman–Crippen MR) is 173 cm³/mol. The first-order valence-corrected chi connectivity index (χ1v) is 15.7. The first-order valence-electron chi connectivity index (χ1n) is 14.8. The number of halogens is 1. The summed E-state index contributed by atoms with van der Waals surface area (Å²) in [6.07, 6.45) is 6.46. The highest BCUT2D eigenvalue weighted by molar-refractivity contribution is 9.09. The Bertz CT molecular complexity index is 1340. The summed E-state index contributed by atoms with van der Waals surface area (Å²) in [6.45, 7) is 4.80. The number of anilines is 1. The van der Waals surface area contributed by atoms with E-state index in [0.29, 0.717) is 6.42 Å². The summed E-state index contributed by atoms with van der Waals surface area (Å²) in [6, 6.07) is 27.6. The highest BCUT2D eigenvalue weighted by Gasteiger charge is 2.28. The van der Waals surface area contributed by atoms with E-state index < -0.39 is 16.8 Å². The normalized spacial score (nSPS) is 14.7. The summed E-state index contributed by atoms with van der Waals surface area (Å²) < 4.78 is 10.3. The van der Waals surface area contributed by atoms with Crippen molar-refractivity contribution in [1.82, 2.24) is 4.90 Å². The zero-order chi connectivity index (χ0) is 30.4. The average molecular weight is 648 g/mol. The van der Waals surface area contributed by atoms with Gasteiger partial charge in [-0.1, -0.05) is 95.7 Å². The monoisotopic (exact) mass is 646 g/mol. The van der Waals surface area contributed by atoms with Crippen LogP contribution in [-0.2, 0) is 30.3 Å². The van der Waals surface area contributed by atoms with Crippen LogP contribution in [0, 0.1) is 0 Å². The van der Waals surface area contributed by atoms with Gasteiger partial charge in [0.15, 0.2) is 0 Å². The molecule has 3 aromatic rings. The molecule has 0 aromatic heterocycles.